The Morgan fingerprint density at radius 1 is 1.30 bits per heavy atom. The minimum absolute atomic E-state index is 0.219. The summed E-state index contributed by atoms with van der Waals surface area (Å²) >= 11 is 0. The summed E-state index contributed by atoms with van der Waals surface area (Å²) in [6.45, 7) is 8.93. The first kappa shape index (κ1) is 13.7. The number of aromatic nitrogens is 1. The smallest absolute Gasteiger partial charge is 0.255 e. The van der Waals surface area contributed by atoms with Gasteiger partial charge in [-0.05, 0) is 39.7 Å². The molecule has 3 heterocycles. The molecule has 0 saturated carbocycles. The van der Waals surface area contributed by atoms with E-state index in [1.807, 2.05) is 0 Å². The molecule has 0 spiro atoms. The summed E-state index contributed by atoms with van der Waals surface area (Å²) in [5.74, 6) is 0.219. The van der Waals surface area contributed by atoms with E-state index < -0.39 is 0 Å². The summed E-state index contributed by atoms with van der Waals surface area (Å²) < 4.78 is 2.22. The molecule has 1 amide bonds. The van der Waals surface area contributed by atoms with Gasteiger partial charge in [-0.15, -0.1) is 0 Å². The Bertz CT molecular complexity index is 508. The summed E-state index contributed by atoms with van der Waals surface area (Å²) in [4.78, 5) is 14.9. The molecule has 3 rings (SSSR count). The van der Waals surface area contributed by atoms with Gasteiger partial charge in [-0.3, -0.25) is 4.79 Å². The van der Waals surface area contributed by atoms with E-state index in [2.05, 4.69) is 41.6 Å². The summed E-state index contributed by atoms with van der Waals surface area (Å²) in [6, 6.07) is 3.06. The monoisotopic (exact) mass is 275 g/mol. The fraction of sp³-hybridized carbons (Fsp3) is 0.688. The standard InChI is InChI=1S/C16H25N3O/c1-4-19-11(2)8-15(12(19)3)16(20)18-9-13-6-5-7-14(10-18)17-13/h8,13-14,17H,4-7,9-10H2,1-3H3. The Balaban J connectivity index is 1.82. The Kier molecular flexibility index (Phi) is 3.59. The van der Waals surface area contributed by atoms with Crippen molar-refractivity contribution < 1.29 is 4.79 Å². The molecule has 110 valence electrons. The number of piperazine rings is 1. The zero-order valence-electron chi connectivity index (χ0n) is 12.8. The molecule has 1 aromatic rings. The zero-order valence-corrected chi connectivity index (χ0v) is 12.8. The number of nitrogens with one attached hydrogen (secondary N) is 1. The van der Waals surface area contributed by atoms with Crippen molar-refractivity contribution in [2.24, 2.45) is 0 Å². The molecule has 2 atom stereocenters. The van der Waals surface area contributed by atoms with Crippen molar-refractivity contribution in [2.75, 3.05) is 13.1 Å². The minimum Gasteiger partial charge on any atom is -0.349 e. The third-order valence-corrected chi connectivity index (χ3v) is 4.87. The van der Waals surface area contributed by atoms with E-state index in [0.717, 1.165) is 30.9 Å². The van der Waals surface area contributed by atoms with Gasteiger partial charge in [0.2, 0.25) is 0 Å². The summed E-state index contributed by atoms with van der Waals surface area (Å²) in [5.41, 5.74) is 3.19. The van der Waals surface area contributed by atoms with E-state index >= 15 is 0 Å². The molecule has 0 aliphatic carbocycles. The van der Waals surface area contributed by atoms with E-state index in [1.54, 1.807) is 0 Å². The number of aryl methyl sites for hydroxylation is 1. The van der Waals surface area contributed by atoms with Gasteiger partial charge in [-0.25, -0.2) is 0 Å². The molecule has 4 nitrogen and oxygen atoms in total. The third kappa shape index (κ3) is 2.26. The average molecular weight is 275 g/mol. The van der Waals surface area contributed by atoms with Crippen LogP contribution in [-0.4, -0.2) is 40.5 Å². The summed E-state index contributed by atoms with van der Waals surface area (Å²) in [6.07, 6.45) is 3.71. The molecule has 2 fully saturated rings. The van der Waals surface area contributed by atoms with Gasteiger partial charge in [0.25, 0.3) is 5.91 Å². The van der Waals surface area contributed by atoms with Crippen LogP contribution in [0.5, 0.6) is 0 Å². The Hall–Kier alpha value is -1.29. The number of rotatable bonds is 2. The van der Waals surface area contributed by atoms with Crippen LogP contribution in [0.25, 0.3) is 0 Å². The molecule has 4 heteroatoms. The van der Waals surface area contributed by atoms with Crippen molar-refractivity contribution in [3.8, 4) is 0 Å². The van der Waals surface area contributed by atoms with Gasteiger partial charge in [0.05, 0.1) is 5.56 Å². The maximum absolute atomic E-state index is 12.8. The van der Waals surface area contributed by atoms with Crippen molar-refractivity contribution in [3.63, 3.8) is 0 Å². The van der Waals surface area contributed by atoms with Gasteiger partial charge >= 0.3 is 0 Å². The lowest BCUT2D eigenvalue weighted by Crippen LogP contribution is -2.59. The predicted octanol–water partition coefficient (Wildman–Crippen LogP) is 2.09. The molecule has 0 aromatic carbocycles. The number of likely N-dealkylation sites (tertiary alicyclic amines) is 1. The zero-order chi connectivity index (χ0) is 14.3. The molecular formula is C16H25N3O. The van der Waals surface area contributed by atoms with Gasteiger partial charge < -0.3 is 14.8 Å². The van der Waals surface area contributed by atoms with E-state index in [0.29, 0.717) is 12.1 Å². The molecule has 2 aliphatic rings. The molecule has 2 aliphatic heterocycles. The van der Waals surface area contributed by atoms with Crippen molar-refractivity contribution in [1.29, 1.82) is 0 Å². The van der Waals surface area contributed by atoms with Crippen LogP contribution in [0.4, 0.5) is 0 Å². The van der Waals surface area contributed by atoms with Gasteiger partial charge in [0.15, 0.2) is 0 Å². The predicted molar refractivity (Wildman–Crippen MR) is 80.0 cm³/mol. The van der Waals surface area contributed by atoms with Crippen molar-refractivity contribution in [3.05, 3.63) is 23.0 Å². The van der Waals surface area contributed by atoms with Crippen LogP contribution in [-0.2, 0) is 6.54 Å². The van der Waals surface area contributed by atoms with Crippen molar-refractivity contribution in [2.45, 2.75) is 58.7 Å². The highest BCUT2D eigenvalue weighted by atomic mass is 16.2. The fourth-order valence-corrected chi connectivity index (χ4v) is 3.85. The van der Waals surface area contributed by atoms with E-state index in [-0.39, 0.29) is 5.91 Å². The van der Waals surface area contributed by atoms with Gasteiger partial charge in [-0.1, -0.05) is 6.42 Å². The second-order valence-electron chi connectivity index (χ2n) is 6.23. The molecule has 20 heavy (non-hydrogen) atoms. The number of nitrogens with zero attached hydrogens (tertiary/aromatic N) is 2. The van der Waals surface area contributed by atoms with Crippen molar-refractivity contribution >= 4 is 5.91 Å². The Morgan fingerprint density at radius 2 is 1.95 bits per heavy atom. The maximum Gasteiger partial charge on any atom is 0.255 e. The van der Waals surface area contributed by atoms with Gasteiger partial charge in [0.1, 0.15) is 0 Å². The van der Waals surface area contributed by atoms with Crippen LogP contribution < -0.4 is 5.32 Å². The average Bonchev–Trinajstić information content (AvgIpc) is 2.72. The maximum atomic E-state index is 12.8. The van der Waals surface area contributed by atoms with Gasteiger partial charge in [-0.2, -0.15) is 0 Å². The number of hydrogen-bond acceptors (Lipinski definition) is 2. The largest absolute Gasteiger partial charge is 0.349 e. The highest BCUT2D eigenvalue weighted by molar-refractivity contribution is 5.95. The van der Waals surface area contributed by atoms with Crippen LogP contribution in [0.1, 0.15) is 47.9 Å². The number of carbonyl (C=O) groups excluding carboxylic acids is 1. The van der Waals surface area contributed by atoms with Crippen LogP contribution in [0.3, 0.4) is 0 Å². The fourth-order valence-electron chi connectivity index (χ4n) is 3.85. The lowest BCUT2D eigenvalue weighted by atomic mass is 9.94. The molecule has 2 unspecified atom stereocenters. The van der Waals surface area contributed by atoms with E-state index in [9.17, 15) is 4.79 Å². The molecular weight excluding hydrogens is 250 g/mol. The summed E-state index contributed by atoms with van der Waals surface area (Å²) in [7, 11) is 0. The van der Waals surface area contributed by atoms with E-state index in [1.165, 1.54) is 25.0 Å². The lowest BCUT2D eigenvalue weighted by molar-refractivity contribution is 0.0607. The van der Waals surface area contributed by atoms with Crippen LogP contribution in [0, 0.1) is 13.8 Å². The number of hydrogen-bond donors (Lipinski definition) is 1. The summed E-state index contributed by atoms with van der Waals surface area (Å²) in [5, 5.41) is 3.63. The quantitative estimate of drug-likeness (QED) is 0.897. The molecule has 1 N–H and O–H groups in total. The second-order valence-corrected chi connectivity index (χ2v) is 6.23. The number of fused-ring (bicyclic) bond motifs is 2. The lowest BCUT2D eigenvalue weighted by Gasteiger charge is -2.42. The first-order chi connectivity index (χ1) is 9.60. The van der Waals surface area contributed by atoms with Crippen LogP contribution in [0.2, 0.25) is 0 Å². The number of piperidine rings is 1. The third-order valence-electron chi connectivity index (χ3n) is 4.87. The molecule has 2 saturated heterocycles. The highest BCUT2D eigenvalue weighted by Crippen LogP contribution is 2.23. The first-order valence-electron chi connectivity index (χ1n) is 7.82. The first-order valence-corrected chi connectivity index (χ1v) is 7.82. The van der Waals surface area contributed by atoms with E-state index in [4.69, 9.17) is 0 Å². The molecule has 2 bridgehead atoms. The Labute approximate surface area is 121 Å². The minimum atomic E-state index is 0.219. The number of carbonyl (C=O) groups is 1. The normalized spacial score (nSPS) is 25.9. The van der Waals surface area contributed by atoms with Crippen molar-refractivity contribution in [1.82, 2.24) is 14.8 Å². The number of amides is 1. The highest BCUT2D eigenvalue weighted by Gasteiger charge is 2.33. The van der Waals surface area contributed by atoms with Crippen LogP contribution >= 0.6 is 0 Å². The van der Waals surface area contributed by atoms with Crippen LogP contribution in [0.15, 0.2) is 6.07 Å². The topological polar surface area (TPSA) is 37.3 Å². The Morgan fingerprint density at radius 3 is 2.50 bits per heavy atom. The molecule has 1 aromatic heterocycles. The SMILES string of the molecule is CCn1c(C)cc(C(=O)N2CC3CCCC(C2)N3)c1C. The second kappa shape index (κ2) is 5.24. The molecule has 0 radical (unpaired) electrons. The van der Waals surface area contributed by atoms with Gasteiger partial charge in [0, 0.05) is 43.1 Å².